The van der Waals surface area contributed by atoms with Crippen LogP contribution >= 0.6 is 0 Å². The minimum Gasteiger partial charge on any atom is -0.465 e. The average Bonchev–Trinajstić information content (AvgIpc) is 2.46. The van der Waals surface area contributed by atoms with E-state index >= 15 is 0 Å². The second-order valence-electron chi connectivity index (χ2n) is 4.22. The van der Waals surface area contributed by atoms with Crippen LogP contribution in [0.25, 0.3) is 11.3 Å². The molecular weight excluding hydrogens is 285 g/mol. The predicted molar refractivity (Wildman–Crippen MR) is 70.4 cm³/mol. The molecule has 1 heterocycles. The number of hydrogen-bond donors (Lipinski definition) is 1. The Morgan fingerprint density at radius 2 is 1.86 bits per heavy atom. The fourth-order valence-electron chi connectivity index (χ4n) is 1.74. The Morgan fingerprint density at radius 1 is 1.24 bits per heavy atom. The van der Waals surface area contributed by atoms with Crippen LogP contribution in [0, 0.1) is 0 Å². The first-order valence-corrected chi connectivity index (χ1v) is 5.84. The van der Waals surface area contributed by atoms with E-state index in [2.05, 4.69) is 9.72 Å². The van der Waals surface area contributed by atoms with Crippen LogP contribution in [0.3, 0.4) is 0 Å². The highest BCUT2D eigenvalue weighted by Crippen LogP contribution is 2.31. The maximum absolute atomic E-state index is 12.5. The smallest absolute Gasteiger partial charge is 0.416 e. The van der Waals surface area contributed by atoms with Crippen molar-refractivity contribution in [3.05, 3.63) is 47.7 Å². The van der Waals surface area contributed by atoms with E-state index < -0.39 is 17.7 Å². The molecule has 7 heteroatoms. The standard InChI is InChI=1S/C14H11F3N2O2/c1-21-13(20)10-6-12(19-7-11(10)18)8-2-4-9(5-3-8)14(15,16)17/h2-7H,18H2,1H3. The summed E-state index contributed by atoms with van der Waals surface area (Å²) >= 11 is 0. The molecule has 0 saturated carbocycles. The number of halogens is 3. The number of nitrogen functional groups attached to an aromatic ring is 1. The Morgan fingerprint density at radius 3 is 2.38 bits per heavy atom. The second-order valence-corrected chi connectivity index (χ2v) is 4.22. The second kappa shape index (κ2) is 5.43. The Labute approximate surface area is 118 Å². The van der Waals surface area contributed by atoms with Crippen LogP contribution in [-0.2, 0) is 10.9 Å². The van der Waals surface area contributed by atoms with Crippen molar-refractivity contribution in [2.24, 2.45) is 0 Å². The summed E-state index contributed by atoms with van der Waals surface area (Å²) in [7, 11) is 1.21. The van der Waals surface area contributed by atoms with Gasteiger partial charge in [-0.3, -0.25) is 4.98 Å². The van der Waals surface area contributed by atoms with Gasteiger partial charge in [-0.2, -0.15) is 13.2 Å². The van der Waals surface area contributed by atoms with Crippen LogP contribution in [0.5, 0.6) is 0 Å². The van der Waals surface area contributed by atoms with Gasteiger partial charge in [0.1, 0.15) is 0 Å². The van der Waals surface area contributed by atoms with Gasteiger partial charge in [0.25, 0.3) is 0 Å². The molecule has 0 saturated heterocycles. The van der Waals surface area contributed by atoms with Crippen LogP contribution in [-0.4, -0.2) is 18.1 Å². The lowest BCUT2D eigenvalue weighted by atomic mass is 10.1. The van der Waals surface area contributed by atoms with Gasteiger partial charge in [0.15, 0.2) is 0 Å². The van der Waals surface area contributed by atoms with Gasteiger partial charge in [-0.25, -0.2) is 4.79 Å². The lowest BCUT2D eigenvalue weighted by Crippen LogP contribution is -2.07. The van der Waals surface area contributed by atoms with E-state index in [9.17, 15) is 18.0 Å². The molecule has 2 rings (SSSR count). The Balaban J connectivity index is 2.41. The van der Waals surface area contributed by atoms with Crippen LogP contribution in [0.4, 0.5) is 18.9 Å². The zero-order valence-electron chi connectivity index (χ0n) is 10.9. The molecule has 4 nitrogen and oxygen atoms in total. The van der Waals surface area contributed by atoms with E-state index in [1.807, 2.05) is 0 Å². The van der Waals surface area contributed by atoms with E-state index in [1.54, 1.807) is 0 Å². The van der Waals surface area contributed by atoms with Crippen molar-refractivity contribution in [1.82, 2.24) is 4.98 Å². The quantitative estimate of drug-likeness (QED) is 0.865. The number of ether oxygens (including phenoxy) is 1. The number of aromatic nitrogens is 1. The molecule has 0 unspecified atom stereocenters. The maximum atomic E-state index is 12.5. The van der Waals surface area contributed by atoms with Crippen molar-refractivity contribution in [2.75, 3.05) is 12.8 Å². The van der Waals surface area contributed by atoms with Crippen LogP contribution < -0.4 is 5.73 Å². The normalized spacial score (nSPS) is 11.2. The van der Waals surface area contributed by atoms with Gasteiger partial charge in [-0.1, -0.05) is 12.1 Å². The number of anilines is 1. The molecule has 2 N–H and O–H groups in total. The summed E-state index contributed by atoms with van der Waals surface area (Å²) < 4.78 is 42.1. The zero-order valence-corrected chi connectivity index (χ0v) is 10.9. The summed E-state index contributed by atoms with van der Waals surface area (Å²) in [5.41, 5.74) is 5.88. The van der Waals surface area contributed by atoms with E-state index in [-0.39, 0.29) is 11.3 Å². The van der Waals surface area contributed by atoms with Crippen molar-refractivity contribution in [1.29, 1.82) is 0 Å². The topological polar surface area (TPSA) is 65.2 Å². The number of alkyl halides is 3. The zero-order chi connectivity index (χ0) is 15.6. The van der Waals surface area contributed by atoms with Crippen molar-refractivity contribution in [3.8, 4) is 11.3 Å². The summed E-state index contributed by atoms with van der Waals surface area (Å²) in [5.74, 6) is -0.636. The Kier molecular flexibility index (Phi) is 3.84. The summed E-state index contributed by atoms with van der Waals surface area (Å²) in [6.07, 6.45) is -3.14. The van der Waals surface area contributed by atoms with Crippen molar-refractivity contribution in [3.63, 3.8) is 0 Å². The molecule has 0 aliphatic heterocycles. The summed E-state index contributed by atoms with van der Waals surface area (Å²) in [6, 6.07) is 5.84. The number of rotatable bonds is 2. The van der Waals surface area contributed by atoms with E-state index in [4.69, 9.17) is 5.73 Å². The number of hydrogen-bond acceptors (Lipinski definition) is 4. The number of benzene rings is 1. The van der Waals surface area contributed by atoms with Gasteiger partial charge in [0.2, 0.25) is 0 Å². The van der Waals surface area contributed by atoms with Gasteiger partial charge in [0, 0.05) is 5.56 Å². The highest BCUT2D eigenvalue weighted by Gasteiger charge is 2.30. The minimum absolute atomic E-state index is 0.113. The molecule has 0 atom stereocenters. The molecule has 0 fully saturated rings. The lowest BCUT2D eigenvalue weighted by Gasteiger charge is -2.09. The molecule has 0 bridgehead atoms. The molecule has 1 aromatic heterocycles. The monoisotopic (exact) mass is 296 g/mol. The van der Waals surface area contributed by atoms with Crippen LogP contribution in [0.1, 0.15) is 15.9 Å². The number of nitrogens with two attached hydrogens (primary N) is 1. The highest BCUT2D eigenvalue weighted by atomic mass is 19.4. The molecule has 21 heavy (non-hydrogen) atoms. The van der Waals surface area contributed by atoms with Gasteiger partial charge in [-0.15, -0.1) is 0 Å². The van der Waals surface area contributed by atoms with Crippen LogP contribution in [0.15, 0.2) is 36.5 Å². The highest BCUT2D eigenvalue weighted by molar-refractivity contribution is 5.95. The molecule has 0 amide bonds. The maximum Gasteiger partial charge on any atom is 0.416 e. The van der Waals surface area contributed by atoms with Gasteiger partial charge in [-0.05, 0) is 18.2 Å². The largest absolute Gasteiger partial charge is 0.465 e. The number of carbonyl (C=O) groups is 1. The summed E-state index contributed by atoms with van der Waals surface area (Å²) in [4.78, 5) is 15.5. The summed E-state index contributed by atoms with van der Waals surface area (Å²) in [6.45, 7) is 0. The fourth-order valence-corrected chi connectivity index (χ4v) is 1.74. The first-order chi connectivity index (χ1) is 9.82. The molecule has 110 valence electrons. The van der Waals surface area contributed by atoms with Crippen molar-refractivity contribution in [2.45, 2.75) is 6.18 Å². The molecule has 0 radical (unpaired) electrons. The number of esters is 1. The van der Waals surface area contributed by atoms with Gasteiger partial charge < -0.3 is 10.5 Å². The molecule has 0 aliphatic carbocycles. The minimum atomic E-state index is -4.40. The predicted octanol–water partition coefficient (Wildman–Crippen LogP) is 3.14. The summed E-state index contributed by atoms with van der Waals surface area (Å²) in [5, 5.41) is 0. The van der Waals surface area contributed by atoms with E-state index in [0.29, 0.717) is 11.3 Å². The van der Waals surface area contributed by atoms with Gasteiger partial charge >= 0.3 is 12.1 Å². The number of pyridine rings is 1. The molecule has 2 aromatic rings. The average molecular weight is 296 g/mol. The fraction of sp³-hybridized carbons (Fsp3) is 0.143. The van der Waals surface area contributed by atoms with E-state index in [1.165, 1.54) is 31.5 Å². The Hall–Kier alpha value is -2.57. The molecule has 0 spiro atoms. The molecule has 0 aliphatic rings. The third kappa shape index (κ3) is 3.13. The SMILES string of the molecule is COC(=O)c1cc(-c2ccc(C(F)(F)F)cc2)ncc1N. The molecule has 1 aromatic carbocycles. The van der Waals surface area contributed by atoms with E-state index in [0.717, 1.165) is 12.1 Å². The van der Waals surface area contributed by atoms with Crippen LogP contribution in [0.2, 0.25) is 0 Å². The number of carbonyl (C=O) groups excluding carboxylic acids is 1. The number of methoxy groups -OCH3 is 1. The first-order valence-electron chi connectivity index (χ1n) is 5.84. The first kappa shape index (κ1) is 14.8. The third-order valence-electron chi connectivity index (χ3n) is 2.85. The van der Waals surface area contributed by atoms with Crippen molar-refractivity contribution < 1.29 is 22.7 Å². The Bertz CT molecular complexity index is 667. The third-order valence-corrected chi connectivity index (χ3v) is 2.85. The lowest BCUT2D eigenvalue weighted by molar-refractivity contribution is -0.137. The van der Waals surface area contributed by atoms with Gasteiger partial charge in [0.05, 0.1) is 35.8 Å². The number of nitrogens with zero attached hydrogens (tertiary/aromatic N) is 1. The van der Waals surface area contributed by atoms with Crippen molar-refractivity contribution >= 4 is 11.7 Å². The molecular formula is C14H11F3N2O2.